The molecule has 5 heteroatoms. The molecule has 1 aliphatic heterocycles. The fraction of sp³-hybridized carbons (Fsp3) is 0.917. The summed E-state index contributed by atoms with van der Waals surface area (Å²) < 4.78 is 5.62. The van der Waals surface area contributed by atoms with E-state index in [9.17, 15) is 4.79 Å². The fourth-order valence-electron chi connectivity index (χ4n) is 2.04. The Morgan fingerprint density at radius 3 is 2.59 bits per heavy atom. The number of unbranched alkanes of at least 4 members (excludes halogenated alkanes) is 1. The number of carbonyl (C=O) groups excluding carboxylic acids is 1. The van der Waals surface area contributed by atoms with Crippen molar-refractivity contribution in [2.24, 2.45) is 5.73 Å². The van der Waals surface area contributed by atoms with E-state index in [2.05, 4.69) is 6.92 Å². The SMILES string of the molecule is CCCCN(CC)C(=O)[C@@H]1CC[C@H](CN)O1.Cl. The van der Waals surface area contributed by atoms with Crippen molar-refractivity contribution in [3.8, 4) is 0 Å². The molecule has 0 aromatic carbocycles. The van der Waals surface area contributed by atoms with Crippen LogP contribution in [0.5, 0.6) is 0 Å². The standard InChI is InChI=1S/C12H24N2O2.ClH/c1-3-5-8-14(4-2)12(15)11-7-6-10(9-13)16-11;/h10-11H,3-9,13H2,1-2H3;1H/t10-,11+;/m1./s1. The van der Waals surface area contributed by atoms with Gasteiger partial charge in [-0.05, 0) is 26.2 Å². The molecular weight excluding hydrogens is 240 g/mol. The van der Waals surface area contributed by atoms with Gasteiger partial charge in [0.1, 0.15) is 6.10 Å². The number of hydrogen-bond acceptors (Lipinski definition) is 3. The molecule has 0 spiro atoms. The third-order valence-electron chi connectivity index (χ3n) is 3.12. The fourth-order valence-corrected chi connectivity index (χ4v) is 2.04. The third kappa shape index (κ3) is 4.82. The van der Waals surface area contributed by atoms with Crippen LogP contribution in [0.2, 0.25) is 0 Å². The Balaban J connectivity index is 0.00000256. The first-order valence-corrected chi connectivity index (χ1v) is 6.37. The van der Waals surface area contributed by atoms with Gasteiger partial charge in [-0.2, -0.15) is 0 Å². The van der Waals surface area contributed by atoms with Gasteiger partial charge in [0.05, 0.1) is 6.10 Å². The van der Waals surface area contributed by atoms with Crippen LogP contribution >= 0.6 is 12.4 Å². The van der Waals surface area contributed by atoms with Gasteiger partial charge < -0.3 is 15.4 Å². The Kier molecular flexibility index (Phi) is 8.56. The molecule has 0 saturated carbocycles. The molecule has 0 unspecified atom stereocenters. The Bertz CT molecular complexity index is 223. The van der Waals surface area contributed by atoms with E-state index in [0.717, 1.165) is 38.8 Å². The summed E-state index contributed by atoms with van der Waals surface area (Å²) in [4.78, 5) is 14.0. The summed E-state index contributed by atoms with van der Waals surface area (Å²) in [6.07, 6.45) is 3.75. The maximum absolute atomic E-state index is 12.1. The molecule has 2 atom stereocenters. The summed E-state index contributed by atoms with van der Waals surface area (Å²) in [7, 11) is 0. The van der Waals surface area contributed by atoms with Gasteiger partial charge in [-0.3, -0.25) is 4.79 Å². The molecule has 1 amide bonds. The zero-order valence-electron chi connectivity index (χ0n) is 10.9. The van der Waals surface area contributed by atoms with Gasteiger partial charge in [-0.15, -0.1) is 12.4 Å². The number of ether oxygens (including phenoxy) is 1. The first-order valence-electron chi connectivity index (χ1n) is 6.37. The Labute approximate surface area is 110 Å². The largest absolute Gasteiger partial charge is 0.364 e. The molecule has 1 fully saturated rings. The number of nitrogens with zero attached hydrogens (tertiary/aromatic N) is 1. The second kappa shape index (κ2) is 8.72. The third-order valence-corrected chi connectivity index (χ3v) is 3.12. The van der Waals surface area contributed by atoms with E-state index in [1.807, 2.05) is 11.8 Å². The molecule has 0 bridgehead atoms. The van der Waals surface area contributed by atoms with E-state index < -0.39 is 0 Å². The lowest BCUT2D eigenvalue weighted by atomic mass is 10.1. The lowest BCUT2D eigenvalue weighted by Crippen LogP contribution is -2.40. The molecule has 1 saturated heterocycles. The van der Waals surface area contributed by atoms with E-state index in [-0.39, 0.29) is 30.5 Å². The van der Waals surface area contributed by atoms with Crippen LogP contribution in [0.1, 0.15) is 39.5 Å². The Morgan fingerprint density at radius 2 is 2.12 bits per heavy atom. The molecular formula is C12H25ClN2O2. The number of hydrogen-bond donors (Lipinski definition) is 1. The minimum Gasteiger partial charge on any atom is -0.364 e. The van der Waals surface area contributed by atoms with Crippen molar-refractivity contribution >= 4 is 18.3 Å². The average Bonchev–Trinajstić information content (AvgIpc) is 2.78. The van der Waals surface area contributed by atoms with Crippen LogP contribution in [0.25, 0.3) is 0 Å². The Hall–Kier alpha value is -0.320. The molecule has 2 N–H and O–H groups in total. The molecule has 102 valence electrons. The van der Waals surface area contributed by atoms with Crippen molar-refractivity contribution in [3.05, 3.63) is 0 Å². The highest BCUT2D eigenvalue weighted by atomic mass is 35.5. The van der Waals surface area contributed by atoms with Gasteiger partial charge in [0.2, 0.25) is 0 Å². The van der Waals surface area contributed by atoms with Crippen LogP contribution in [0.4, 0.5) is 0 Å². The van der Waals surface area contributed by atoms with Gasteiger partial charge in [0, 0.05) is 19.6 Å². The predicted octanol–water partition coefficient (Wildman–Crippen LogP) is 1.56. The van der Waals surface area contributed by atoms with E-state index in [0.29, 0.717) is 6.54 Å². The van der Waals surface area contributed by atoms with Crippen LogP contribution in [-0.4, -0.2) is 42.6 Å². The normalized spacial score (nSPS) is 23.2. The minimum absolute atomic E-state index is 0. The maximum atomic E-state index is 12.1. The molecule has 0 aromatic heterocycles. The number of nitrogens with two attached hydrogens (primary N) is 1. The van der Waals surface area contributed by atoms with Crippen LogP contribution in [-0.2, 0) is 9.53 Å². The highest BCUT2D eigenvalue weighted by molar-refractivity contribution is 5.85. The molecule has 17 heavy (non-hydrogen) atoms. The molecule has 0 radical (unpaired) electrons. The second-order valence-corrected chi connectivity index (χ2v) is 4.33. The number of carbonyl (C=O) groups is 1. The zero-order valence-corrected chi connectivity index (χ0v) is 11.7. The topological polar surface area (TPSA) is 55.6 Å². The summed E-state index contributed by atoms with van der Waals surface area (Å²) in [6, 6.07) is 0. The van der Waals surface area contributed by atoms with Crippen molar-refractivity contribution in [2.45, 2.75) is 51.7 Å². The maximum Gasteiger partial charge on any atom is 0.251 e. The van der Waals surface area contributed by atoms with E-state index >= 15 is 0 Å². The smallest absolute Gasteiger partial charge is 0.251 e. The number of amides is 1. The monoisotopic (exact) mass is 264 g/mol. The lowest BCUT2D eigenvalue weighted by Gasteiger charge is -2.24. The van der Waals surface area contributed by atoms with E-state index in [4.69, 9.17) is 10.5 Å². The quantitative estimate of drug-likeness (QED) is 0.792. The first-order chi connectivity index (χ1) is 7.72. The van der Waals surface area contributed by atoms with Gasteiger partial charge in [-0.1, -0.05) is 13.3 Å². The van der Waals surface area contributed by atoms with Crippen molar-refractivity contribution in [1.29, 1.82) is 0 Å². The first kappa shape index (κ1) is 16.7. The predicted molar refractivity (Wildman–Crippen MR) is 71.4 cm³/mol. The number of halogens is 1. The van der Waals surface area contributed by atoms with E-state index in [1.54, 1.807) is 0 Å². The van der Waals surface area contributed by atoms with Crippen molar-refractivity contribution in [2.75, 3.05) is 19.6 Å². The van der Waals surface area contributed by atoms with Gasteiger partial charge in [0.25, 0.3) is 5.91 Å². The van der Waals surface area contributed by atoms with Crippen LogP contribution in [0.3, 0.4) is 0 Å². The summed E-state index contributed by atoms with van der Waals surface area (Å²) in [5, 5.41) is 0. The highest BCUT2D eigenvalue weighted by Gasteiger charge is 2.32. The van der Waals surface area contributed by atoms with Crippen LogP contribution in [0, 0.1) is 0 Å². The van der Waals surface area contributed by atoms with E-state index in [1.165, 1.54) is 0 Å². The van der Waals surface area contributed by atoms with Gasteiger partial charge in [0.15, 0.2) is 0 Å². The second-order valence-electron chi connectivity index (χ2n) is 4.33. The number of rotatable bonds is 6. The van der Waals surface area contributed by atoms with Crippen LogP contribution in [0.15, 0.2) is 0 Å². The molecule has 0 aliphatic carbocycles. The number of likely N-dealkylation sites (N-methyl/N-ethyl adjacent to an activating group) is 1. The molecule has 1 aliphatic rings. The molecule has 1 rings (SSSR count). The molecule has 0 aromatic rings. The van der Waals surface area contributed by atoms with Crippen molar-refractivity contribution in [1.82, 2.24) is 4.90 Å². The summed E-state index contributed by atoms with van der Waals surface area (Å²) in [5.41, 5.74) is 5.54. The summed E-state index contributed by atoms with van der Waals surface area (Å²) in [6.45, 7) is 6.29. The highest BCUT2D eigenvalue weighted by Crippen LogP contribution is 2.20. The Morgan fingerprint density at radius 1 is 1.41 bits per heavy atom. The van der Waals surface area contributed by atoms with Crippen molar-refractivity contribution < 1.29 is 9.53 Å². The molecule has 4 nitrogen and oxygen atoms in total. The van der Waals surface area contributed by atoms with Gasteiger partial charge in [-0.25, -0.2) is 0 Å². The van der Waals surface area contributed by atoms with Crippen molar-refractivity contribution in [3.63, 3.8) is 0 Å². The molecule has 1 heterocycles. The van der Waals surface area contributed by atoms with Gasteiger partial charge >= 0.3 is 0 Å². The van der Waals surface area contributed by atoms with Crippen LogP contribution < -0.4 is 5.73 Å². The minimum atomic E-state index is -0.245. The zero-order chi connectivity index (χ0) is 12.0. The summed E-state index contributed by atoms with van der Waals surface area (Å²) in [5.74, 6) is 0.145. The lowest BCUT2D eigenvalue weighted by molar-refractivity contribution is -0.142. The summed E-state index contributed by atoms with van der Waals surface area (Å²) >= 11 is 0. The average molecular weight is 265 g/mol.